The summed E-state index contributed by atoms with van der Waals surface area (Å²) in [6, 6.07) is 31.7. The van der Waals surface area contributed by atoms with Crippen molar-refractivity contribution in [1.29, 1.82) is 0 Å². The molecule has 1 N–H and O–H groups in total. The van der Waals surface area contributed by atoms with Gasteiger partial charge in [0.2, 0.25) is 0 Å². The molecule has 0 spiro atoms. The van der Waals surface area contributed by atoms with Crippen molar-refractivity contribution in [3.63, 3.8) is 0 Å². The number of benzene rings is 2. The first kappa shape index (κ1) is 39.0. The molecule has 0 saturated heterocycles. The topological polar surface area (TPSA) is 75.4 Å². The number of aromatic nitrogens is 4. The molecule has 0 aliphatic heterocycles. The fraction of sp³-hybridized carbons (Fsp3) is 0. The van der Waals surface area contributed by atoms with E-state index in [1.54, 1.807) is 85.5 Å². The minimum absolute atomic E-state index is 0. The average Bonchev–Trinajstić information content (AvgIpc) is 3.00. The van der Waals surface area contributed by atoms with Gasteiger partial charge in [0.1, 0.15) is 0 Å². The Bertz CT molecular complexity index is 1520. The van der Waals surface area contributed by atoms with Crippen LogP contribution >= 0.6 is 22.6 Å². The van der Waals surface area contributed by atoms with Gasteiger partial charge in [0.15, 0.2) is 0 Å². The molecule has 0 unspecified atom stereocenters. The molecule has 228 valence electrons. The summed E-state index contributed by atoms with van der Waals surface area (Å²) in [5.41, 5.74) is 8.55. The molecule has 5 nitrogen and oxygen atoms in total. The van der Waals surface area contributed by atoms with Gasteiger partial charge in [-0.25, -0.2) is 0 Å². The molecule has 44 heavy (non-hydrogen) atoms. The van der Waals surface area contributed by atoms with Crippen molar-refractivity contribution >= 4 is 41.0 Å². The van der Waals surface area contributed by atoms with Gasteiger partial charge in [0.05, 0.1) is 0 Å². The van der Waals surface area contributed by atoms with E-state index in [0.29, 0.717) is 27.8 Å². The Kier molecular flexibility index (Phi) is 19.2. The number of halogens is 4. The van der Waals surface area contributed by atoms with Crippen LogP contribution in [0.4, 0.5) is 19.0 Å². The van der Waals surface area contributed by atoms with E-state index in [-0.39, 0.29) is 53.5 Å². The Balaban J connectivity index is 0.000000303. The number of hydrogen-bond acceptors (Lipinski definition) is 5. The van der Waals surface area contributed by atoms with Gasteiger partial charge in [-0.15, -0.1) is 46.9 Å². The number of nitrogens with one attached hydrogen (secondary N) is 1. The molecule has 4 heterocycles. The van der Waals surface area contributed by atoms with Gasteiger partial charge in [0, 0.05) is 36.0 Å². The van der Waals surface area contributed by atoms with Crippen LogP contribution in [0, 0.1) is 33.2 Å². The Morgan fingerprint density at radius 3 is 1.43 bits per heavy atom. The summed E-state index contributed by atoms with van der Waals surface area (Å²) in [7, 11) is 0. The summed E-state index contributed by atoms with van der Waals surface area (Å²) in [5, 5.41) is 0.655. The molecular formula is C32H21F3IN5Pt2S. The van der Waals surface area contributed by atoms with Crippen molar-refractivity contribution in [1.82, 2.24) is 19.9 Å². The summed E-state index contributed by atoms with van der Waals surface area (Å²) < 4.78 is 40.1. The maximum atomic E-state index is 13.5. The van der Waals surface area contributed by atoms with E-state index in [9.17, 15) is 13.2 Å². The van der Waals surface area contributed by atoms with E-state index in [4.69, 9.17) is 18.4 Å². The van der Waals surface area contributed by atoms with Crippen molar-refractivity contribution in [2.24, 2.45) is 0 Å². The third kappa shape index (κ3) is 14.2. The molecule has 0 radical (unpaired) electrons. The maximum absolute atomic E-state index is 13.5. The standard InChI is InChI=1S/C11H6F2N.C11H6FIN.C5H5N2.C5H5NS.2Pt/c12-8-4-5-9(10(13)7-8)11-3-1-2-6-14-11;12-10-7-8(13)4-5-9(10)11-3-1-2-6-14-11;6-5-3-1-2-4-7-5;7-5-3-1-2-4-6-5;;/h2*1-4,6-7H;1-4H,(H-,6,7);1-4H,(H,6,7);;/q3*-1;;2*+2/p-1. The summed E-state index contributed by atoms with van der Waals surface area (Å²) in [6.45, 7) is 0. The largest absolute Gasteiger partial charge is 2.00 e. The molecule has 6 aromatic rings. The second-order valence-corrected chi connectivity index (χ2v) is 9.56. The van der Waals surface area contributed by atoms with Gasteiger partial charge in [-0.2, -0.15) is 0 Å². The van der Waals surface area contributed by atoms with Crippen molar-refractivity contribution in [2.45, 2.75) is 5.03 Å². The molecule has 0 bridgehead atoms. The van der Waals surface area contributed by atoms with Crippen LogP contribution in [0.3, 0.4) is 0 Å². The molecule has 0 aliphatic rings. The van der Waals surface area contributed by atoms with Crippen molar-refractivity contribution in [3.05, 3.63) is 161 Å². The summed E-state index contributed by atoms with van der Waals surface area (Å²) in [5.74, 6) is -1.25. The molecule has 2 aromatic carbocycles. The maximum Gasteiger partial charge on any atom is 2.00 e. The SMILES string of the molecule is Fc1c[c-]c(-c2ccccn2)c(F)c1.Fc1cc(I)c[c-]c1-c1ccccn1.[NH-]c1ccccn1.[Pt+2].[Pt+2].[S-]c1ccccn1. The van der Waals surface area contributed by atoms with E-state index in [1.807, 2.05) is 40.8 Å². The second kappa shape index (κ2) is 21.6. The van der Waals surface area contributed by atoms with Gasteiger partial charge in [0.25, 0.3) is 0 Å². The van der Waals surface area contributed by atoms with Crippen LogP contribution in [0.5, 0.6) is 0 Å². The van der Waals surface area contributed by atoms with E-state index in [2.05, 4.69) is 32.1 Å². The van der Waals surface area contributed by atoms with Gasteiger partial charge < -0.3 is 33.3 Å². The smallest absolute Gasteiger partial charge is 0.760 e. The van der Waals surface area contributed by atoms with Gasteiger partial charge >= 0.3 is 42.1 Å². The zero-order chi connectivity index (χ0) is 30.2. The van der Waals surface area contributed by atoms with E-state index < -0.39 is 11.6 Å². The molecule has 0 amide bonds. The van der Waals surface area contributed by atoms with Gasteiger partial charge in [-0.05, 0) is 29.6 Å². The van der Waals surface area contributed by atoms with Crippen LogP contribution in [0.25, 0.3) is 28.2 Å². The third-order valence-corrected chi connectivity index (χ3v) is 5.72. The Hall–Kier alpha value is -3.04. The summed E-state index contributed by atoms with van der Waals surface area (Å²) in [4.78, 5) is 15.5. The Morgan fingerprint density at radius 1 is 0.614 bits per heavy atom. The van der Waals surface area contributed by atoms with Crippen LogP contribution in [-0.2, 0) is 54.8 Å². The fourth-order valence-electron chi connectivity index (χ4n) is 3.01. The normalized spacial score (nSPS) is 9.18. The first-order chi connectivity index (χ1) is 20.3. The molecule has 0 saturated carbocycles. The van der Waals surface area contributed by atoms with Gasteiger partial charge in [-0.1, -0.05) is 98.5 Å². The van der Waals surface area contributed by atoms with E-state index in [0.717, 1.165) is 15.7 Å². The van der Waals surface area contributed by atoms with Crippen molar-refractivity contribution in [3.8, 4) is 22.5 Å². The van der Waals surface area contributed by atoms with Crippen LogP contribution in [-0.4, -0.2) is 19.9 Å². The van der Waals surface area contributed by atoms with Crippen LogP contribution in [0.1, 0.15) is 0 Å². The third-order valence-electron chi connectivity index (χ3n) is 4.86. The first-order valence-electron chi connectivity index (χ1n) is 12.1. The minimum Gasteiger partial charge on any atom is -0.760 e. The second-order valence-electron chi connectivity index (χ2n) is 7.89. The molecule has 4 aromatic heterocycles. The van der Waals surface area contributed by atoms with E-state index in [1.165, 1.54) is 6.07 Å². The number of nitrogens with zero attached hydrogens (tertiary/aromatic N) is 4. The van der Waals surface area contributed by atoms with Crippen LogP contribution in [0.2, 0.25) is 0 Å². The first-order valence-corrected chi connectivity index (χ1v) is 13.6. The Morgan fingerprint density at radius 2 is 1.09 bits per heavy atom. The zero-order valence-corrected chi connectivity index (χ0v) is 29.9. The van der Waals surface area contributed by atoms with Crippen LogP contribution in [0.15, 0.2) is 127 Å². The molecule has 12 heteroatoms. The number of pyridine rings is 4. The predicted octanol–water partition coefficient (Wildman–Crippen LogP) is 8.87. The molecule has 0 fully saturated rings. The molecular weight excluding hydrogens is 1060 g/mol. The average molecular weight is 1080 g/mol. The summed E-state index contributed by atoms with van der Waals surface area (Å²) >= 11 is 6.75. The minimum atomic E-state index is -0.649. The quantitative estimate of drug-likeness (QED) is 0.0985. The van der Waals surface area contributed by atoms with Crippen molar-refractivity contribution < 1.29 is 55.3 Å². The summed E-state index contributed by atoms with van der Waals surface area (Å²) in [6.07, 6.45) is 6.47. The molecule has 0 atom stereocenters. The Labute approximate surface area is 302 Å². The zero-order valence-electron chi connectivity index (χ0n) is 22.4. The molecule has 6 rings (SSSR count). The van der Waals surface area contributed by atoms with E-state index >= 15 is 0 Å². The number of rotatable bonds is 2. The van der Waals surface area contributed by atoms with Gasteiger partial charge in [-0.3, -0.25) is 18.2 Å². The predicted molar refractivity (Wildman–Crippen MR) is 168 cm³/mol. The van der Waals surface area contributed by atoms with Crippen LogP contribution < -0.4 is 0 Å². The fourth-order valence-corrected chi connectivity index (χ4v) is 3.58. The molecule has 0 aliphatic carbocycles. The monoisotopic (exact) mass is 1080 g/mol. The number of hydrogen-bond donors (Lipinski definition) is 0. The van der Waals surface area contributed by atoms with Crippen molar-refractivity contribution in [2.75, 3.05) is 0 Å².